The Morgan fingerprint density at radius 3 is 2.66 bits per heavy atom. The van der Waals surface area contributed by atoms with Gasteiger partial charge >= 0.3 is 6.03 Å². The van der Waals surface area contributed by atoms with Crippen molar-refractivity contribution >= 4 is 28.4 Å². The molecule has 1 aromatic heterocycles. The molecule has 2 atom stereocenters. The summed E-state index contributed by atoms with van der Waals surface area (Å²) in [6.45, 7) is 7.01. The van der Waals surface area contributed by atoms with Gasteiger partial charge in [-0.3, -0.25) is 9.69 Å². The molecule has 3 N–H and O–H groups in total. The van der Waals surface area contributed by atoms with Crippen molar-refractivity contribution in [1.82, 2.24) is 20.5 Å². The highest BCUT2D eigenvalue weighted by molar-refractivity contribution is 7.13. The number of hydrogen-bond donors (Lipinski definition) is 3. The van der Waals surface area contributed by atoms with Crippen molar-refractivity contribution in [2.24, 2.45) is 0 Å². The number of anilines is 1. The molecular weight excluding hydrogens is 390 g/mol. The minimum atomic E-state index is -0.185. The molecule has 0 bridgehead atoms. The van der Waals surface area contributed by atoms with E-state index in [2.05, 4.69) is 39.7 Å². The maximum absolute atomic E-state index is 12.1. The number of ether oxygens (including phenoxy) is 1. The number of nitrogens with one attached hydrogen (secondary N) is 3. The van der Waals surface area contributed by atoms with Gasteiger partial charge in [0.1, 0.15) is 0 Å². The number of nitrogens with zero attached hydrogens (tertiary/aromatic N) is 2. The van der Waals surface area contributed by atoms with Crippen LogP contribution in [0.1, 0.15) is 58.1 Å². The van der Waals surface area contributed by atoms with Gasteiger partial charge in [-0.2, -0.15) is 0 Å². The van der Waals surface area contributed by atoms with Crippen molar-refractivity contribution in [3.63, 3.8) is 0 Å². The highest BCUT2D eigenvalue weighted by atomic mass is 32.1. The first-order valence-corrected chi connectivity index (χ1v) is 11.5. The van der Waals surface area contributed by atoms with Crippen LogP contribution in [0, 0.1) is 0 Å². The molecule has 1 saturated carbocycles. The Balaban J connectivity index is 1.33. The van der Waals surface area contributed by atoms with Crippen LogP contribution in [0.2, 0.25) is 0 Å². The number of thiazole rings is 1. The Bertz CT molecular complexity index is 667. The zero-order valence-corrected chi connectivity index (χ0v) is 18.2. The molecule has 162 valence electrons. The summed E-state index contributed by atoms with van der Waals surface area (Å²) in [4.78, 5) is 30.9. The Labute approximate surface area is 176 Å². The molecule has 0 unspecified atom stereocenters. The van der Waals surface area contributed by atoms with Crippen LogP contribution >= 0.6 is 11.3 Å². The van der Waals surface area contributed by atoms with E-state index in [0.717, 1.165) is 38.2 Å². The highest BCUT2D eigenvalue weighted by Gasteiger charge is 2.23. The number of urea groups is 1. The van der Waals surface area contributed by atoms with Crippen molar-refractivity contribution in [2.75, 3.05) is 25.0 Å². The molecule has 8 nitrogen and oxygen atoms in total. The van der Waals surface area contributed by atoms with Crippen molar-refractivity contribution in [3.8, 4) is 0 Å². The van der Waals surface area contributed by atoms with Crippen molar-refractivity contribution < 1.29 is 14.3 Å². The van der Waals surface area contributed by atoms with E-state index in [1.54, 1.807) is 0 Å². The molecule has 0 radical (unpaired) electrons. The van der Waals surface area contributed by atoms with Crippen LogP contribution in [-0.4, -0.2) is 59.7 Å². The predicted octanol–water partition coefficient (Wildman–Crippen LogP) is 2.71. The number of morpholine rings is 1. The fourth-order valence-corrected chi connectivity index (χ4v) is 4.75. The third-order valence-electron chi connectivity index (χ3n) is 5.26. The average molecular weight is 424 g/mol. The fraction of sp³-hybridized carbons (Fsp3) is 0.750. The molecule has 0 spiro atoms. The van der Waals surface area contributed by atoms with Gasteiger partial charge in [0.2, 0.25) is 5.91 Å². The second kappa shape index (κ2) is 10.9. The molecule has 3 rings (SSSR count). The van der Waals surface area contributed by atoms with Crippen molar-refractivity contribution in [1.29, 1.82) is 0 Å². The van der Waals surface area contributed by atoms with Gasteiger partial charge in [0.15, 0.2) is 5.13 Å². The largest absolute Gasteiger partial charge is 0.373 e. The minimum absolute atomic E-state index is 0.141. The van der Waals surface area contributed by atoms with Crippen molar-refractivity contribution in [2.45, 2.75) is 77.2 Å². The lowest BCUT2D eigenvalue weighted by Gasteiger charge is -2.34. The quantitative estimate of drug-likeness (QED) is 0.627. The molecule has 3 amide bonds. The van der Waals surface area contributed by atoms with E-state index in [0.29, 0.717) is 11.7 Å². The van der Waals surface area contributed by atoms with Gasteiger partial charge < -0.3 is 20.7 Å². The van der Waals surface area contributed by atoms with Gasteiger partial charge in [0.05, 0.1) is 17.9 Å². The van der Waals surface area contributed by atoms with E-state index in [1.165, 1.54) is 30.6 Å². The second-order valence-corrected chi connectivity index (χ2v) is 8.99. The molecule has 0 aromatic carbocycles. The number of hydrogen-bond acceptors (Lipinski definition) is 6. The second-order valence-electron chi connectivity index (χ2n) is 8.13. The first kappa shape index (κ1) is 22.0. The summed E-state index contributed by atoms with van der Waals surface area (Å²) in [6, 6.07) is 0.0824. The topological polar surface area (TPSA) is 95.6 Å². The van der Waals surface area contributed by atoms with Gasteiger partial charge in [-0.05, 0) is 26.7 Å². The monoisotopic (exact) mass is 423 g/mol. The van der Waals surface area contributed by atoms with E-state index >= 15 is 0 Å². The molecule has 2 aliphatic rings. The van der Waals surface area contributed by atoms with Crippen LogP contribution in [0.25, 0.3) is 0 Å². The average Bonchev–Trinajstić information content (AvgIpc) is 3.08. The summed E-state index contributed by atoms with van der Waals surface area (Å²) in [5, 5.41) is 11.2. The van der Waals surface area contributed by atoms with E-state index in [-0.39, 0.29) is 36.6 Å². The maximum atomic E-state index is 12.1. The first-order valence-electron chi connectivity index (χ1n) is 10.6. The molecule has 2 heterocycles. The van der Waals surface area contributed by atoms with Gasteiger partial charge in [-0.1, -0.05) is 19.3 Å². The molecule has 1 aliphatic heterocycles. The van der Waals surface area contributed by atoms with Crippen LogP contribution in [0.3, 0.4) is 0 Å². The predicted molar refractivity (Wildman–Crippen MR) is 114 cm³/mol. The van der Waals surface area contributed by atoms with Crippen molar-refractivity contribution in [3.05, 3.63) is 11.1 Å². The molecule has 9 heteroatoms. The van der Waals surface area contributed by atoms with Crippen LogP contribution in [0.4, 0.5) is 9.93 Å². The molecule has 29 heavy (non-hydrogen) atoms. The van der Waals surface area contributed by atoms with E-state index in [1.807, 2.05) is 5.38 Å². The summed E-state index contributed by atoms with van der Waals surface area (Å²) in [7, 11) is 0. The summed E-state index contributed by atoms with van der Waals surface area (Å²) in [6.07, 6.45) is 6.36. The summed E-state index contributed by atoms with van der Waals surface area (Å²) in [5.74, 6) is -0.141. The number of carbonyl (C=O) groups excluding carboxylic acids is 2. The maximum Gasteiger partial charge on any atom is 0.315 e. The summed E-state index contributed by atoms with van der Waals surface area (Å²) in [5.41, 5.74) is 0.955. The highest BCUT2D eigenvalue weighted by Crippen LogP contribution is 2.19. The molecule has 1 aliphatic carbocycles. The molecule has 1 saturated heterocycles. The minimum Gasteiger partial charge on any atom is -0.373 e. The Hall–Kier alpha value is -1.71. The van der Waals surface area contributed by atoms with E-state index in [9.17, 15) is 9.59 Å². The SMILES string of the molecule is C[C@@H]1CN(Cc2csc(NC(=O)CCNC(=O)NC3CCCCC3)n2)C[C@H](C)O1. The van der Waals surface area contributed by atoms with E-state index in [4.69, 9.17) is 4.74 Å². The number of aromatic nitrogens is 1. The zero-order chi connectivity index (χ0) is 20.6. The standard InChI is InChI=1S/C20H33N5O3S/c1-14-10-25(11-15(2)28-14)12-17-13-29-20(23-17)24-18(26)8-9-21-19(27)22-16-6-4-3-5-7-16/h13-16H,3-12H2,1-2H3,(H2,21,22,27)(H,23,24,26)/t14-,15+. The molecule has 1 aromatic rings. The molecule has 2 fully saturated rings. The lowest BCUT2D eigenvalue weighted by molar-refractivity contribution is -0.116. The third-order valence-corrected chi connectivity index (χ3v) is 6.06. The lowest BCUT2D eigenvalue weighted by Crippen LogP contribution is -2.44. The third kappa shape index (κ3) is 7.56. The van der Waals surface area contributed by atoms with Gasteiger partial charge in [0.25, 0.3) is 0 Å². The number of carbonyl (C=O) groups is 2. The number of rotatable bonds is 7. The zero-order valence-electron chi connectivity index (χ0n) is 17.4. The fourth-order valence-electron chi connectivity index (χ4n) is 4.03. The Morgan fingerprint density at radius 2 is 1.93 bits per heavy atom. The van der Waals surface area contributed by atoms with Crippen LogP contribution < -0.4 is 16.0 Å². The van der Waals surface area contributed by atoms with E-state index < -0.39 is 0 Å². The number of amides is 3. The Morgan fingerprint density at radius 1 is 1.21 bits per heavy atom. The normalized spacial score (nSPS) is 23.5. The van der Waals surface area contributed by atoms with Crippen LogP contribution in [-0.2, 0) is 16.1 Å². The smallest absolute Gasteiger partial charge is 0.315 e. The van der Waals surface area contributed by atoms with Gasteiger partial charge in [-0.25, -0.2) is 9.78 Å². The molecular formula is C20H33N5O3S. The Kier molecular flexibility index (Phi) is 8.26. The van der Waals surface area contributed by atoms with Crippen LogP contribution in [0.15, 0.2) is 5.38 Å². The van der Waals surface area contributed by atoms with Crippen LogP contribution in [0.5, 0.6) is 0 Å². The van der Waals surface area contributed by atoms with Gasteiger partial charge in [-0.15, -0.1) is 11.3 Å². The first-order chi connectivity index (χ1) is 14.0. The van der Waals surface area contributed by atoms with Gasteiger partial charge in [0, 0.05) is 44.0 Å². The lowest BCUT2D eigenvalue weighted by atomic mass is 9.96. The summed E-state index contributed by atoms with van der Waals surface area (Å²) < 4.78 is 5.76. The summed E-state index contributed by atoms with van der Waals surface area (Å²) >= 11 is 1.43.